The number of quaternary nitrogens is 1. The number of likely N-dealkylation sites (tertiary alicyclic amines) is 1. The van der Waals surface area contributed by atoms with Crippen LogP contribution in [0, 0.1) is 4.77 Å². The molecule has 1 aliphatic heterocycles. The van der Waals surface area contributed by atoms with Crippen LogP contribution in [0.1, 0.15) is 50.1 Å². The number of nitrogens with one attached hydrogen (secondary N) is 1. The van der Waals surface area contributed by atoms with Gasteiger partial charge in [0.05, 0.1) is 16.8 Å². The van der Waals surface area contributed by atoms with E-state index in [2.05, 4.69) is 40.9 Å². The maximum absolute atomic E-state index is 5.65. The number of aryl methyl sites for hydroxylation is 1. The molecule has 3 heterocycles. The summed E-state index contributed by atoms with van der Waals surface area (Å²) >= 11 is 7.49. The second-order valence-electron chi connectivity index (χ2n) is 7.09. The molecule has 1 unspecified atom stereocenters. The minimum absolute atomic E-state index is 0.458. The Kier molecular flexibility index (Phi) is 5.47. The van der Waals surface area contributed by atoms with Gasteiger partial charge >= 0.3 is 0 Å². The zero-order valence-corrected chi connectivity index (χ0v) is 16.9. The summed E-state index contributed by atoms with van der Waals surface area (Å²) < 4.78 is 6.25. The largest absolute Gasteiger partial charge is 0.308 e. The van der Waals surface area contributed by atoms with Gasteiger partial charge in [0.1, 0.15) is 12.4 Å². The molecule has 0 amide bonds. The quantitative estimate of drug-likeness (QED) is 0.497. The van der Waals surface area contributed by atoms with E-state index in [0.717, 1.165) is 30.0 Å². The van der Waals surface area contributed by atoms with Crippen molar-refractivity contribution in [2.45, 2.75) is 58.3 Å². The van der Waals surface area contributed by atoms with Gasteiger partial charge in [0.25, 0.3) is 0 Å². The number of hydrogen-bond acceptors (Lipinski definition) is 4. The Morgan fingerprint density at radius 2 is 2.19 bits per heavy atom. The third-order valence-corrected chi connectivity index (χ3v) is 6.84. The van der Waals surface area contributed by atoms with Crippen molar-refractivity contribution in [1.82, 2.24) is 19.3 Å². The summed E-state index contributed by atoms with van der Waals surface area (Å²) in [6.07, 6.45) is 7.97. The molecule has 1 fully saturated rings. The molecule has 138 valence electrons. The number of benzene rings is 1. The number of aromatic nitrogens is 4. The molecule has 2 atom stereocenters. The fraction of sp³-hybridized carbons (Fsp3) is 0.526. The van der Waals surface area contributed by atoms with Gasteiger partial charge in [0.15, 0.2) is 11.7 Å². The molecule has 0 bridgehead atoms. The van der Waals surface area contributed by atoms with Crippen LogP contribution in [0.5, 0.6) is 0 Å². The van der Waals surface area contributed by atoms with Gasteiger partial charge in [-0.15, -0.1) is 11.3 Å². The zero-order valence-electron chi connectivity index (χ0n) is 15.2. The Hall–Kier alpha value is -1.57. The van der Waals surface area contributed by atoms with E-state index in [1.54, 1.807) is 0 Å². The average molecular weight is 389 g/mol. The van der Waals surface area contributed by atoms with Crippen LogP contribution in [0.15, 0.2) is 30.6 Å². The fourth-order valence-corrected chi connectivity index (χ4v) is 5.21. The number of hydrogen-bond donors (Lipinski definition) is 1. The van der Waals surface area contributed by atoms with Crippen molar-refractivity contribution in [2.75, 3.05) is 6.54 Å². The Morgan fingerprint density at radius 1 is 1.31 bits per heavy atom. The molecule has 1 aliphatic rings. The summed E-state index contributed by atoms with van der Waals surface area (Å²) in [4.78, 5) is 6.43. The van der Waals surface area contributed by atoms with Gasteiger partial charge in [-0.1, -0.05) is 31.9 Å². The monoisotopic (exact) mass is 388 g/mol. The SMILES string of the molecule is CCCCCn1cnn(C[NH+]2CCC[C@@H]2c2nc3ccccc3s2)c1=S. The summed E-state index contributed by atoms with van der Waals surface area (Å²) in [6.45, 7) is 5.19. The number of para-hydroxylation sites is 1. The molecule has 1 N–H and O–H groups in total. The number of thiazole rings is 1. The maximum Gasteiger partial charge on any atom is 0.202 e. The lowest BCUT2D eigenvalue weighted by molar-refractivity contribution is -0.941. The topological polar surface area (TPSA) is 40.1 Å². The highest BCUT2D eigenvalue weighted by Crippen LogP contribution is 2.28. The van der Waals surface area contributed by atoms with Crippen LogP contribution in [0.4, 0.5) is 0 Å². The first kappa shape index (κ1) is 17.8. The van der Waals surface area contributed by atoms with Crippen molar-refractivity contribution in [3.63, 3.8) is 0 Å². The second-order valence-corrected chi connectivity index (χ2v) is 8.52. The molecule has 7 heteroatoms. The highest BCUT2D eigenvalue weighted by Gasteiger charge is 2.33. The summed E-state index contributed by atoms with van der Waals surface area (Å²) in [7, 11) is 0. The van der Waals surface area contributed by atoms with Crippen molar-refractivity contribution in [3.8, 4) is 0 Å². The maximum atomic E-state index is 5.65. The minimum Gasteiger partial charge on any atom is -0.308 e. The Bertz CT molecular complexity index is 892. The summed E-state index contributed by atoms with van der Waals surface area (Å²) in [5.74, 6) is 0. The second kappa shape index (κ2) is 7.98. The van der Waals surface area contributed by atoms with Crippen molar-refractivity contribution in [3.05, 3.63) is 40.4 Å². The van der Waals surface area contributed by atoms with Crippen molar-refractivity contribution in [1.29, 1.82) is 0 Å². The van der Waals surface area contributed by atoms with Crippen molar-refractivity contribution >= 4 is 33.8 Å². The molecule has 26 heavy (non-hydrogen) atoms. The Labute approximate surface area is 163 Å². The first-order valence-electron chi connectivity index (χ1n) is 9.58. The molecule has 0 radical (unpaired) electrons. The average Bonchev–Trinajstić information content (AvgIpc) is 3.35. The standard InChI is InChI=1S/C19H25N5S2/c1-2-3-6-11-22-13-20-24(19(22)25)14-23-12-7-9-16(23)18-21-15-8-4-5-10-17(15)26-18/h4-5,8,10,13,16H,2-3,6-7,9,11-12,14H2,1H3/p+1/t16-/m1/s1. The number of fused-ring (bicyclic) bond motifs is 1. The van der Waals surface area contributed by atoms with E-state index >= 15 is 0 Å². The number of rotatable bonds is 7. The summed E-state index contributed by atoms with van der Waals surface area (Å²) in [6, 6.07) is 8.89. The first-order valence-corrected chi connectivity index (χ1v) is 10.8. The first-order chi connectivity index (χ1) is 12.8. The van der Waals surface area contributed by atoms with Crippen LogP contribution in [0.2, 0.25) is 0 Å². The van der Waals surface area contributed by atoms with Gasteiger partial charge in [-0.2, -0.15) is 9.78 Å². The molecule has 3 aromatic rings. The van der Waals surface area contributed by atoms with Crippen LogP contribution >= 0.6 is 23.6 Å². The molecular weight excluding hydrogens is 362 g/mol. The van der Waals surface area contributed by atoms with E-state index in [1.165, 1.54) is 46.7 Å². The van der Waals surface area contributed by atoms with Gasteiger partial charge in [-0.05, 0) is 30.8 Å². The Balaban J connectivity index is 1.50. The molecular formula is C19H26N5S2+. The molecule has 1 saturated heterocycles. The fourth-order valence-electron chi connectivity index (χ4n) is 3.80. The normalized spacial score (nSPS) is 20.2. The lowest BCUT2D eigenvalue weighted by atomic mass is 10.2. The molecule has 5 nitrogen and oxygen atoms in total. The molecule has 4 rings (SSSR count). The summed E-state index contributed by atoms with van der Waals surface area (Å²) in [5.41, 5.74) is 1.12. The van der Waals surface area contributed by atoms with Crippen molar-refractivity contribution < 1.29 is 4.90 Å². The van der Waals surface area contributed by atoms with Crippen LogP contribution < -0.4 is 4.90 Å². The molecule has 0 spiro atoms. The third kappa shape index (κ3) is 3.61. The van der Waals surface area contributed by atoms with Crippen LogP contribution in [0.3, 0.4) is 0 Å². The van der Waals surface area contributed by atoms with E-state index in [0.29, 0.717) is 6.04 Å². The zero-order chi connectivity index (χ0) is 17.9. The van der Waals surface area contributed by atoms with E-state index in [1.807, 2.05) is 22.3 Å². The number of unbranched alkanes of at least 4 members (excludes halogenated alkanes) is 2. The summed E-state index contributed by atoms with van der Waals surface area (Å²) in [5, 5.41) is 5.82. The van der Waals surface area contributed by atoms with Crippen molar-refractivity contribution in [2.24, 2.45) is 0 Å². The van der Waals surface area contributed by atoms with Gasteiger partial charge in [0, 0.05) is 19.4 Å². The molecule has 0 aliphatic carbocycles. The molecule has 1 aromatic carbocycles. The Morgan fingerprint density at radius 3 is 3.04 bits per heavy atom. The van der Waals surface area contributed by atoms with Gasteiger partial charge in [0.2, 0.25) is 4.77 Å². The predicted molar refractivity (Wildman–Crippen MR) is 108 cm³/mol. The van der Waals surface area contributed by atoms with Gasteiger partial charge < -0.3 is 9.47 Å². The van der Waals surface area contributed by atoms with E-state index in [4.69, 9.17) is 17.2 Å². The molecule has 0 saturated carbocycles. The minimum atomic E-state index is 0.458. The smallest absolute Gasteiger partial charge is 0.202 e. The lowest BCUT2D eigenvalue weighted by Crippen LogP contribution is -3.09. The van der Waals surface area contributed by atoms with Gasteiger partial charge in [-0.25, -0.2) is 4.98 Å². The van der Waals surface area contributed by atoms with Gasteiger partial charge in [-0.3, -0.25) is 0 Å². The third-order valence-electron chi connectivity index (χ3n) is 5.24. The van der Waals surface area contributed by atoms with Crippen LogP contribution in [0.25, 0.3) is 10.2 Å². The van der Waals surface area contributed by atoms with Crippen LogP contribution in [-0.2, 0) is 13.2 Å². The predicted octanol–water partition coefficient (Wildman–Crippen LogP) is 3.59. The highest BCUT2D eigenvalue weighted by molar-refractivity contribution is 7.71. The highest BCUT2D eigenvalue weighted by atomic mass is 32.1. The van der Waals surface area contributed by atoms with E-state index < -0.39 is 0 Å². The number of nitrogens with zero attached hydrogens (tertiary/aromatic N) is 4. The lowest BCUT2D eigenvalue weighted by Gasteiger charge is -2.19. The molecule has 2 aromatic heterocycles. The van der Waals surface area contributed by atoms with E-state index in [9.17, 15) is 0 Å². The van der Waals surface area contributed by atoms with Crippen LogP contribution in [-0.4, -0.2) is 25.9 Å². The van der Waals surface area contributed by atoms with E-state index in [-0.39, 0.29) is 0 Å².